The molecular formula is C23H24ClN5O2S. The van der Waals surface area contributed by atoms with E-state index in [1.807, 2.05) is 0 Å². The van der Waals surface area contributed by atoms with Crippen molar-refractivity contribution in [1.82, 2.24) is 19.2 Å². The average molecular weight is 470 g/mol. The lowest BCUT2D eigenvalue weighted by Gasteiger charge is -2.33. The number of aryl methyl sites for hydroxylation is 1. The van der Waals surface area contributed by atoms with Crippen LogP contribution in [0.5, 0.6) is 0 Å². The predicted molar refractivity (Wildman–Crippen MR) is 128 cm³/mol. The Balaban J connectivity index is 1.49. The van der Waals surface area contributed by atoms with Crippen LogP contribution in [-0.2, 0) is 24.2 Å². The van der Waals surface area contributed by atoms with E-state index in [0.29, 0.717) is 22.3 Å². The first kappa shape index (κ1) is 21.2. The maximum Gasteiger partial charge on any atom is 0.365 e. The number of hydrogen-bond acceptors (Lipinski definition) is 5. The Morgan fingerprint density at radius 3 is 2.75 bits per heavy atom. The molecule has 0 saturated heterocycles. The Kier molecular flexibility index (Phi) is 5.09. The van der Waals surface area contributed by atoms with E-state index in [1.54, 1.807) is 46.4 Å². The molecule has 4 aromatic rings. The number of nitrogens with zero attached hydrogens (tertiary/aromatic N) is 4. The van der Waals surface area contributed by atoms with Crippen LogP contribution in [0.4, 0.5) is 5.69 Å². The number of nitrogens with one attached hydrogen (secondary N) is 1. The second-order valence-electron chi connectivity index (χ2n) is 9.41. The highest BCUT2D eigenvalue weighted by atomic mass is 35.5. The highest BCUT2D eigenvalue weighted by Crippen LogP contribution is 2.43. The smallest absolute Gasteiger partial charge is 0.324 e. The molecule has 1 amide bonds. The molecule has 0 aliphatic heterocycles. The molecule has 5 rings (SSSR count). The number of benzene rings is 1. The van der Waals surface area contributed by atoms with Gasteiger partial charge in [0.2, 0.25) is 5.91 Å². The lowest BCUT2D eigenvalue weighted by atomic mass is 9.72. The standard InChI is InChI=1S/C23H24ClN5O2S/c1-23(2,3)13-4-9-16-17(10-13)32-21-19(16)20-27-22(31)28(29(20)12-25-21)11-18(30)26-15-7-5-14(24)6-8-15/h5-8,12-13H,4,9-11H2,1-3H3,(H,26,30)/t13-/m0/s1. The van der Waals surface area contributed by atoms with Crippen molar-refractivity contribution in [3.8, 4) is 0 Å². The van der Waals surface area contributed by atoms with Crippen molar-refractivity contribution in [3.63, 3.8) is 0 Å². The number of carbonyl (C=O) groups is 1. The summed E-state index contributed by atoms with van der Waals surface area (Å²) in [6.07, 6.45) is 4.68. The zero-order valence-corrected chi connectivity index (χ0v) is 19.8. The molecule has 1 atom stereocenters. The van der Waals surface area contributed by atoms with E-state index in [4.69, 9.17) is 11.6 Å². The lowest BCUT2D eigenvalue weighted by Crippen LogP contribution is -2.28. The van der Waals surface area contributed by atoms with E-state index >= 15 is 0 Å². The van der Waals surface area contributed by atoms with Crippen LogP contribution in [0.2, 0.25) is 5.02 Å². The summed E-state index contributed by atoms with van der Waals surface area (Å²) in [6.45, 7) is 6.72. The number of aromatic nitrogens is 4. The summed E-state index contributed by atoms with van der Waals surface area (Å²) >= 11 is 7.59. The van der Waals surface area contributed by atoms with Gasteiger partial charge in [-0.15, -0.1) is 11.3 Å². The van der Waals surface area contributed by atoms with Crippen LogP contribution in [0.1, 0.15) is 37.6 Å². The third kappa shape index (κ3) is 3.71. The van der Waals surface area contributed by atoms with Crippen LogP contribution in [0.15, 0.2) is 35.4 Å². The Bertz CT molecular complexity index is 1390. The van der Waals surface area contributed by atoms with Crippen molar-refractivity contribution in [1.29, 1.82) is 0 Å². The number of hydrogen-bond donors (Lipinski definition) is 1. The largest absolute Gasteiger partial charge is 0.365 e. The number of fused-ring (bicyclic) bond motifs is 5. The first-order chi connectivity index (χ1) is 15.2. The highest BCUT2D eigenvalue weighted by Gasteiger charge is 2.32. The number of halogens is 1. The van der Waals surface area contributed by atoms with Gasteiger partial charge in [0, 0.05) is 15.6 Å². The van der Waals surface area contributed by atoms with Crippen molar-refractivity contribution < 1.29 is 4.79 Å². The third-order valence-corrected chi connectivity index (χ3v) is 7.71. The summed E-state index contributed by atoms with van der Waals surface area (Å²) in [6, 6.07) is 6.82. The van der Waals surface area contributed by atoms with Gasteiger partial charge in [-0.3, -0.25) is 4.79 Å². The van der Waals surface area contributed by atoms with E-state index in [2.05, 4.69) is 36.1 Å². The van der Waals surface area contributed by atoms with Gasteiger partial charge in [-0.2, -0.15) is 4.98 Å². The fourth-order valence-electron chi connectivity index (χ4n) is 4.45. The molecule has 3 heterocycles. The SMILES string of the molecule is CC(C)(C)[C@H]1CCc2c(sc3ncn4c(nc(=O)n4CC(=O)Nc4ccc(Cl)cc4)c23)C1. The van der Waals surface area contributed by atoms with E-state index in [-0.39, 0.29) is 17.9 Å². The number of rotatable bonds is 3. The van der Waals surface area contributed by atoms with Crippen molar-refractivity contribution in [2.45, 2.75) is 46.6 Å². The molecule has 0 saturated carbocycles. The quantitative estimate of drug-likeness (QED) is 0.477. The normalized spacial score (nSPS) is 16.4. The molecular weight excluding hydrogens is 446 g/mol. The van der Waals surface area contributed by atoms with E-state index in [1.165, 1.54) is 15.1 Å². The van der Waals surface area contributed by atoms with Gasteiger partial charge >= 0.3 is 5.69 Å². The Morgan fingerprint density at radius 1 is 1.28 bits per heavy atom. The topological polar surface area (TPSA) is 81.3 Å². The van der Waals surface area contributed by atoms with Crippen molar-refractivity contribution in [2.24, 2.45) is 11.3 Å². The predicted octanol–water partition coefficient (Wildman–Crippen LogP) is 4.55. The van der Waals surface area contributed by atoms with E-state index < -0.39 is 5.69 Å². The number of thiophene rings is 1. The minimum Gasteiger partial charge on any atom is -0.324 e. The highest BCUT2D eigenvalue weighted by molar-refractivity contribution is 7.19. The van der Waals surface area contributed by atoms with E-state index in [0.717, 1.165) is 29.5 Å². The molecule has 1 aliphatic rings. The van der Waals surface area contributed by atoms with Gasteiger partial charge in [-0.05, 0) is 60.4 Å². The van der Waals surface area contributed by atoms with Crippen LogP contribution in [0, 0.1) is 11.3 Å². The first-order valence-corrected chi connectivity index (χ1v) is 11.8. The number of anilines is 1. The summed E-state index contributed by atoms with van der Waals surface area (Å²) < 4.78 is 2.92. The molecule has 32 heavy (non-hydrogen) atoms. The molecule has 7 nitrogen and oxygen atoms in total. The Labute approximate surface area is 194 Å². The third-order valence-electron chi connectivity index (χ3n) is 6.30. The van der Waals surface area contributed by atoms with Gasteiger partial charge in [0.15, 0.2) is 5.65 Å². The lowest BCUT2D eigenvalue weighted by molar-refractivity contribution is -0.117. The zero-order valence-electron chi connectivity index (χ0n) is 18.2. The van der Waals surface area contributed by atoms with Gasteiger partial charge < -0.3 is 5.32 Å². The first-order valence-electron chi connectivity index (χ1n) is 10.6. The zero-order chi connectivity index (χ0) is 22.6. The molecule has 166 valence electrons. The molecule has 9 heteroatoms. The molecule has 1 aliphatic carbocycles. The molecule has 0 radical (unpaired) electrons. The second-order valence-corrected chi connectivity index (χ2v) is 10.9. The summed E-state index contributed by atoms with van der Waals surface area (Å²) in [5.74, 6) is 0.298. The fourth-order valence-corrected chi connectivity index (χ4v) is 5.83. The van der Waals surface area contributed by atoms with Crippen LogP contribution in [0.25, 0.3) is 15.9 Å². The molecule has 1 N–H and O–H groups in total. The Morgan fingerprint density at radius 2 is 2.03 bits per heavy atom. The van der Waals surface area contributed by atoms with Crippen LogP contribution in [-0.4, -0.2) is 25.1 Å². The number of amides is 1. The van der Waals surface area contributed by atoms with Crippen molar-refractivity contribution in [3.05, 3.63) is 56.5 Å². The fraction of sp³-hybridized carbons (Fsp3) is 0.391. The van der Waals surface area contributed by atoms with E-state index in [9.17, 15) is 9.59 Å². The monoisotopic (exact) mass is 469 g/mol. The second kappa shape index (κ2) is 7.71. The van der Waals surface area contributed by atoms with Gasteiger partial charge in [-0.25, -0.2) is 19.0 Å². The maximum atomic E-state index is 12.7. The molecule has 0 unspecified atom stereocenters. The Hall–Kier alpha value is -2.71. The molecule has 3 aromatic heterocycles. The summed E-state index contributed by atoms with van der Waals surface area (Å²) in [4.78, 5) is 36.4. The van der Waals surface area contributed by atoms with Gasteiger partial charge in [0.1, 0.15) is 17.7 Å². The summed E-state index contributed by atoms with van der Waals surface area (Å²) in [5.41, 5.74) is 2.24. The number of carbonyl (C=O) groups excluding carboxylic acids is 1. The van der Waals surface area contributed by atoms with Crippen LogP contribution < -0.4 is 11.0 Å². The van der Waals surface area contributed by atoms with Crippen molar-refractivity contribution >= 4 is 50.4 Å². The van der Waals surface area contributed by atoms with Gasteiger partial charge in [0.05, 0.1) is 5.39 Å². The molecule has 0 fully saturated rings. The van der Waals surface area contributed by atoms with Crippen LogP contribution in [0.3, 0.4) is 0 Å². The maximum absolute atomic E-state index is 12.7. The molecule has 0 spiro atoms. The molecule has 0 bridgehead atoms. The summed E-state index contributed by atoms with van der Waals surface area (Å²) in [5, 5.41) is 4.32. The van der Waals surface area contributed by atoms with Gasteiger partial charge in [-0.1, -0.05) is 32.4 Å². The van der Waals surface area contributed by atoms with Crippen molar-refractivity contribution in [2.75, 3.05) is 5.32 Å². The minimum absolute atomic E-state index is 0.158. The molecule has 1 aromatic carbocycles. The average Bonchev–Trinajstić information content (AvgIpc) is 3.26. The summed E-state index contributed by atoms with van der Waals surface area (Å²) in [7, 11) is 0. The van der Waals surface area contributed by atoms with Gasteiger partial charge in [0.25, 0.3) is 0 Å². The minimum atomic E-state index is -0.464. The van der Waals surface area contributed by atoms with Crippen LogP contribution >= 0.6 is 22.9 Å².